The van der Waals surface area contributed by atoms with Gasteiger partial charge in [-0.2, -0.15) is 0 Å². The molecule has 1 fully saturated rings. The Kier molecular flexibility index (Phi) is 7.19. The Morgan fingerprint density at radius 2 is 1.97 bits per heavy atom. The lowest BCUT2D eigenvalue weighted by atomic mass is 10.0. The first kappa shape index (κ1) is 23.3. The molecule has 0 aliphatic carbocycles. The lowest BCUT2D eigenvalue weighted by molar-refractivity contribution is -0.385. The Balaban J connectivity index is 1.75. The predicted molar refractivity (Wildman–Crippen MR) is 123 cm³/mol. The van der Waals surface area contributed by atoms with Crippen LogP contribution in [0, 0.1) is 17.0 Å². The van der Waals surface area contributed by atoms with E-state index in [4.69, 9.17) is 9.47 Å². The first-order valence-electron chi connectivity index (χ1n) is 10.0. The van der Waals surface area contributed by atoms with Gasteiger partial charge in [0.15, 0.2) is 0 Å². The van der Waals surface area contributed by atoms with Gasteiger partial charge in [0.25, 0.3) is 11.1 Å². The molecule has 2 aromatic carbocycles. The number of nitro benzene ring substituents is 1. The molecule has 2 aromatic rings. The molecular formula is C23H24N2O6S. The molecule has 8 nitrogen and oxygen atoms in total. The lowest BCUT2D eigenvalue weighted by Gasteiger charge is -2.17. The van der Waals surface area contributed by atoms with Crippen molar-refractivity contribution >= 4 is 34.7 Å². The van der Waals surface area contributed by atoms with Gasteiger partial charge in [-0.05, 0) is 47.9 Å². The summed E-state index contributed by atoms with van der Waals surface area (Å²) in [6, 6.07) is 10.4. The third kappa shape index (κ3) is 4.94. The van der Waals surface area contributed by atoms with Gasteiger partial charge < -0.3 is 9.47 Å². The Morgan fingerprint density at radius 3 is 2.62 bits per heavy atom. The summed E-state index contributed by atoms with van der Waals surface area (Å²) in [4.78, 5) is 37.2. The predicted octanol–water partition coefficient (Wildman–Crippen LogP) is 5.15. The van der Waals surface area contributed by atoms with Crippen LogP contribution in [0.4, 0.5) is 10.5 Å². The molecule has 168 valence electrons. The summed E-state index contributed by atoms with van der Waals surface area (Å²) >= 11 is 0.784. The number of nitro groups is 1. The number of methoxy groups -OCH3 is 1. The van der Waals surface area contributed by atoms with Crippen LogP contribution in [-0.4, -0.2) is 41.2 Å². The average Bonchev–Trinajstić information content (AvgIpc) is 3.00. The number of ether oxygens (including phenoxy) is 2. The number of hydrogen-bond donors (Lipinski definition) is 0. The third-order valence-electron chi connectivity index (χ3n) is 4.95. The number of rotatable bonds is 8. The largest absolute Gasteiger partial charge is 0.491 e. The van der Waals surface area contributed by atoms with Crippen molar-refractivity contribution in [3.05, 3.63) is 68.1 Å². The van der Waals surface area contributed by atoms with Crippen LogP contribution in [0.3, 0.4) is 0 Å². The van der Waals surface area contributed by atoms with Crippen molar-refractivity contribution in [2.45, 2.75) is 26.7 Å². The summed E-state index contributed by atoms with van der Waals surface area (Å²) in [5.41, 5.74) is 2.25. The van der Waals surface area contributed by atoms with Crippen LogP contribution in [0.2, 0.25) is 0 Å². The highest BCUT2D eigenvalue weighted by Crippen LogP contribution is 2.37. The Morgan fingerprint density at radius 1 is 1.22 bits per heavy atom. The van der Waals surface area contributed by atoms with Gasteiger partial charge in [0.2, 0.25) is 5.75 Å². The molecule has 0 radical (unpaired) electrons. The van der Waals surface area contributed by atoms with E-state index in [0.717, 1.165) is 33.5 Å². The maximum absolute atomic E-state index is 12.8. The van der Waals surface area contributed by atoms with Crippen molar-refractivity contribution in [1.82, 2.24) is 4.90 Å². The van der Waals surface area contributed by atoms with Crippen molar-refractivity contribution in [2.24, 2.45) is 0 Å². The lowest BCUT2D eigenvalue weighted by Crippen LogP contribution is -2.32. The van der Waals surface area contributed by atoms with E-state index in [1.165, 1.54) is 25.3 Å². The minimum Gasteiger partial charge on any atom is -0.491 e. The van der Waals surface area contributed by atoms with Crippen LogP contribution in [0.25, 0.3) is 6.08 Å². The third-order valence-corrected chi connectivity index (χ3v) is 5.86. The van der Waals surface area contributed by atoms with Crippen LogP contribution in [0.1, 0.15) is 36.5 Å². The van der Waals surface area contributed by atoms with Crippen LogP contribution in [0.15, 0.2) is 41.3 Å². The first-order valence-corrected chi connectivity index (χ1v) is 10.8. The van der Waals surface area contributed by atoms with E-state index in [9.17, 15) is 19.7 Å². The van der Waals surface area contributed by atoms with Crippen LogP contribution >= 0.6 is 11.8 Å². The molecule has 9 heteroatoms. The summed E-state index contributed by atoms with van der Waals surface area (Å²) in [7, 11) is 1.32. The quantitative estimate of drug-likeness (QED) is 0.308. The molecule has 32 heavy (non-hydrogen) atoms. The summed E-state index contributed by atoms with van der Waals surface area (Å²) in [5.74, 6) is 0.582. The molecule has 0 N–H and O–H groups in total. The van der Waals surface area contributed by atoms with E-state index in [1.807, 2.05) is 25.1 Å². The number of nitrogens with zero attached hydrogens (tertiary/aromatic N) is 2. The fraction of sp³-hybridized carbons (Fsp3) is 0.304. The van der Waals surface area contributed by atoms with Crippen molar-refractivity contribution < 1.29 is 24.0 Å². The van der Waals surface area contributed by atoms with Gasteiger partial charge in [-0.1, -0.05) is 38.1 Å². The van der Waals surface area contributed by atoms with Gasteiger partial charge in [-0.15, -0.1) is 0 Å². The minimum absolute atomic E-state index is 0.0355. The van der Waals surface area contributed by atoms with Crippen LogP contribution in [-0.2, 0) is 4.79 Å². The SMILES string of the molecule is COc1c(/C=C2\SC(=O)N(CCOc3cc(C)ccc3C(C)C)C2=O)cccc1[N+](=O)[O-]. The zero-order valence-electron chi connectivity index (χ0n) is 18.3. The number of thioether (sulfide) groups is 1. The molecule has 1 aliphatic rings. The Labute approximate surface area is 190 Å². The van der Waals surface area contributed by atoms with Crippen molar-refractivity contribution in [3.8, 4) is 11.5 Å². The molecule has 2 amide bonds. The van der Waals surface area contributed by atoms with Gasteiger partial charge in [-0.3, -0.25) is 24.6 Å². The second-order valence-electron chi connectivity index (χ2n) is 7.53. The molecule has 1 aliphatic heterocycles. The van der Waals surface area contributed by atoms with E-state index in [1.54, 1.807) is 6.07 Å². The number of hydrogen-bond acceptors (Lipinski definition) is 7. The molecule has 0 unspecified atom stereocenters. The van der Waals surface area contributed by atoms with Crippen LogP contribution < -0.4 is 9.47 Å². The molecule has 0 saturated carbocycles. The Hall–Kier alpha value is -3.33. The maximum Gasteiger partial charge on any atom is 0.311 e. The summed E-state index contributed by atoms with van der Waals surface area (Å²) in [6.45, 7) is 6.37. The van der Waals surface area contributed by atoms with E-state index in [-0.39, 0.29) is 35.4 Å². The number of imide groups is 1. The van der Waals surface area contributed by atoms with Crippen molar-refractivity contribution in [3.63, 3.8) is 0 Å². The molecule has 1 heterocycles. The standard InChI is InChI=1S/C23H24N2O6S/c1-14(2)17-9-8-15(3)12-19(17)31-11-10-24-22(26)20(32-23(24)27)13-16-6-5-7-18(25(28)29)21(16)30-4/h5-9,12-14H,10-11H2,1-4H3/b20-13-. The molecule has 0 bridgehead atoms. The zero-order chi connectivity index (χ0) is 23.4. The Bertz CT molecular complexity index is 1100. The van der Waals surface area contributed by atoms with Crippen molar-refractivity contribution in [2.75, 3.05) is 20.3 Å². The minimum atomic E-state index is -0.560. The van der Waals surface area contributed by atoms with E-state index < -0.39 is 16.1 Å². The fourth-order valence-electron chi connectivity index (χ4n) is 3.35. The van der Waals surface area contributed by atoms with Crippen molar-refractivity contribution in [1.29, 1.82) is 0 Å². The van der Waals surface area contributed by atoms with Gasteiger partial charge >= 0.3 is 5.69 Å². The molecule has 0 aromatic heterocycles. The number of benzene rings is 2. The monoisotopic (exact) mass is 456 g/mol. The van der Waals surface area contributed by atoms with E-state index in [2.05, 4.69) is 13.8 Å². The number of para-hydroxylation sites is 1. The second-order valence-corrected chi connectivity index (χ2v) is 8.53. The number of carbonyl (C=O) groups excluding carboxylic acids is 2. The van der Waals surface area contributed by atoms with Gasteiger partial charge in [-0.25, -0.2) is 0 Å². The number of amides is 2. The first-order chi connectivity index (χ1) is 15.2. The summed E-state index contributed by atoms with van der Waals surface area (Å²) in [6.07, 6.45) is 1.44. The second kappa shape index (κ2) is 9.86. The topological polar surface area (TPSA) is 99.0 Å². The average molecular weight is 457 g/mol. The molecule has 0 atom stereocenters. The fourth-order valence-corrected chi connectivity index (χ4v) is 4.20. The van der Waals surface area contributed by atoms with E-state index in [0.29, 0.717) is 5.56 Å². The van der Waals surface area contributed by atoms with Gasteiger partial charge in [0.1, 0.15) is 12.4 Å². The molecular weight excluding hydrogens is 432 g/mol. The molecule has 0 spiro atoms. The summed E-state index contributed by atoms with van der Waals surface area (Å²) < 4.78 is 11.1. The maximum atomic E-state index is 12.8. The van der Waals surface area contributed by atoms with Gasteiger partial charge in [0.05, 0.1) is 23.5 Å². The molecule has 3 rings (SSSR count). The normalized spacial score (nSPS) is 15.0. The summed E-state index contributed by atoms with van der Waals surface area (Å²) in [5, 5.41) is 10.8. The van der Waals surface area contributed by atoms with E-state index >= 15 is 0 Å². The highest BCUT2D eigenvalue weighted by atomic mass is 32.2. The zero-order valence-corrected chi connectivity index (χ0v) is 19.1. The smallest absolute Gasteiger partial charge is 0.311 e. The number of carbonyl (C=O) groups is 2. The molecule has 1 saturated heterocycles. The van der Waals surface area contributed by atoms with Crippen LogP contribution in [0.5, 0.6) is 11.5 Å². The van der Waals surface area contributed by atoms with Gasteiger partial charge in [0, 0.05) is 11.6 Å². The highest BCUT2D eigenvalue weighted by molar-refractivity contribution is 8.18. The number of aryl methyl sites for hydroxylation is 1. The highest BCUT2D eigenvalue weighted by Gasteiger charge is 2.35.